The van der Waals surface area contributed by atoms with Crippen molar-refractivity contribution in [3.8, 4) is 11.5 Å². The first kappa shape index (κ1) is 13.0. The number of halogens is 2. The van der Waals surface area contributed by atoms with Gasteiger partial charge in [-0.2, -0.15) is 0 Å². The molecule has 1 aromatic carbocycles. The second-order valence-corrected chi connectivity index (χ2v) is 4.85. The predicted octanol–water partition coefficient (Wildman–Crippen LogP) is 3.40. The summed E-state index contributed by atoms with van der Waals surface area (Å²) >= 11 is 0. The van der Waals surface area contributed by atoms with Crippen molar-refractivity contribution in [3.63, 3.8) is 0 Å². The number of hydrogen-bond donors (Lipinski definition) is 1. The van der Waals surface area contributed by atoms with Gasteiger partial charge in [-0.05, 0) is 18.9 Å². The van der Waals surface area contributed by atoms with Crippen LogP contribution in [0.3, 0.4) is 0 Å². The second kappa shape index (κ2) is 5.54. The SMILES string of the molecule is Fc1cc(F)cc(Oc2ccncc2CNC2CC2)c1. The lowest BCUT2D eigenvalue weighted by Crippen LogP contribution is -2.15. The molecule has 3 rings (SSSR count). The Bertz CT molecular complexity index is 594. The molecule has 0 bridgehead atoms. The molecule has 1 aromatic heterocycles. The molecule has 0 radical (unpaired) electrons. The van der Waals surface area contributed by atoms with Gasteiger partial charge in [0.15, 0.2) is 0 Å². The molecule has 0 aliphatic heterocycles. The molecule has 1 N–H and O–H groups in total. The highest BCUT2D eigenvalue weighted by Crippen LogP contribution is 2.27. The van der Waals surface area contributed by atoms with Crippen molar-refractivity contribution in [3.05, 3.63) is 53.9 Å². The van der Waals surface area contributed by atoms with Crippen molar-refractivity contribution in [1.82, 2.24) is 10.3 Å². The van der Waals surface area contributed by atoms with E-state index in [1.807, 2.05) is 0 Å². The molecule has 0 atom stereocenters. The van der Waals surface area contributed by atoms with E-state index >= 15 is 0 Å². The van der Waals surface area contributed by atoms with E-state index in [9.17, 15) is 8.78 Å². The topological polar surface area (TPSA) is 34.1 Å². The molecule has 1 fully saturated rings. The van der Waals surface area contributed by atoms with Gasteiger partial charge in [0.05, 0.1) is 0 Å². The summed E-state index contributed by atoms with van der Waals surface area (Å²) in [6.07, 6.45) is 5.66. The smallest absolute Gasteiger partial charge is 0.134 e. The van der Waals surface area contributed by atoms with Crippen LogP contribution in [0, 0.1) is 11.6 Å². The van der Waals surface area contributed by atoms with Crippen molar-refractivity contribution in [2.24, 2.45) is 0 Å². The minimum absolute atomic E-state index is 0.140. The van der Waals surface area contributed by atoms with Crippen molar-refractivity contribution >= 4 is 0 Å². The molecular formula is C15H14F2N2O. The number of benzene rings is 1. The molecule has 5 heteroatoms. The molecule has 1 heterocycles. The van der Waals surface area contributed by atoms with Crippen LogP contribution < -0.4 is 10.1 Å². The van der Waals surface area contributed by atoms with Gasteiger partial charge in [0.2, 0.25) is 0 Å². The van der Waals surface area contributed by atoms with Crippen LogP contribution in [0.5, 0.6) is 11.5 Å². The lowest BCUT2D eigenvalue weighted by Gasteiger charge is -2.11. The van der Waals surface area contributed by atoms with Crippen LogP contribution in [0.25, 0.3) is 0 Å². The van der Waals surface area contributed by atoms with Gasteiger partial charge in [0.1, 0.15) is 23.1 Å². The number of ether oxygens (including phenoxy) is 1. The first-order valence-corrected chi connectivity index (χ1v) is 6.51. The van der Waals surface area contributed by atoms with Crippen molar-refractivity contribution in [1.29, 1.82) is 0 Å². The number of nitrogens with zero attached hydrogens (tertiary/aromatic N) is 1. The lowest BCUT2D eigenvalue weighted by atomic mass is 10.2. The maximum absolute atomic E-state index is 13.1. The summed E-state index contributed by atoms with van der Waals surface area (Å²) in [6, 6.07) is 5.37. The molecule has 2 aromatic rings. The molecule has 1 aliphatic rings. The summed E-state index contributed by atoms with van der Waals surface area (Å²) < 4.78 is 31.9. The summed E-state index contributed by atoms with van der Waals surface area (Å²) in [4.78, 5) is 4.05. The molecule has 0 amide bonds. The standard InChI is InChI=1S/C15H14F2N2O/c16-11-5-12(17)7-14(6-11)20-15-3-4-18-8-10(15)9-19-13-1-2-13/h3-8,13,19H,1-2,9H2. The van der Waals surface area contributed by atoms with Crippen LogP contribution in [-0.2, 0) is 6.54 Å². The summed E-state index contributed by atoms with van der Waals surface area (Å²) in [6.45, 7) is 0.631. The summed E-state index contributed by atoms with van der Waals surface area (Å²) in [5.74, 6) is -0.627. The summed E-state index contributed by atoms with van der Waals surface area (Å²) in [7, 11) is 0. The molecule has 20 heavy (non-hydrogen) atoms. The van der Waals surface area contributed by atoms with Gasteiger partial charge in [-0.25, -0.2) is 8.78 Å². The van der Waals surface area contributed by atoms with Gasteiger partial charge in [0.25, 0.3) is 0 Å². The Labute approximate surface area is 115 Å². The fourth-order valence-electron chi connectivity index (χ4n) is 1.90. The largest absolute Gasteiger partial charge is 0.457 e. The molecule has 3 nitrogen and oxygen atoms in total. The summed E-state index contributed by atoms with van der Waals surface area (Å²) in [5.41, 5.74) is 0.865. The average molecular weight is 276 g/mol. The van der Waals surface area contributed by atoms with Gasteiger partial charge < -0.3 is 10.1 Å². The number of aromatic nitrogens is 1. The van der Waals surface area contributed by atoms with E-state index < -0.39 is 11.6 Å². The maximum Gasteiger partial charge on any atom is 0.134 e. The zero-order valence-electron chi connectivity index (χ0n) is 10.8. The normalized spacial score (nSPS) is 14.3. The van der Waals surface area contributed by atoms with Crippen LogP contribution in [0.15, 0.2) is 36.7 Å². The average Bonchev–Trinajstić information content (AvgIpc) is 3.20. The first-order valence-electron chi connectivity index (χ1n) is 6.51. The van der Waals surface area contributed by atoms with Crippen molar-refractivity contribution in [2.45, 2.75) is 25.4 Å². The highest BCUT2D eigenvalue weighted by atomic mass is 19.1. The van der Waals surface area contributed by atoms with Crippen LogP contribution in [0.4, 0.5) is 8.78 Å². The third-order valence-electron chi connectivity index (χ3n) is 3.08. The second-order valence-electron chi connectivity index (χ2n) is 4.85. The number of pyridine rings is 1. The van der Waals surface area contributed by atoms with Crippen LogP contribution in [0.1, 0.15) is 18.4 Å². The Morgan fingerprint density at radius 3 is 2.65 bits per heavy atom. The fourth-order valence-corrected chi connectivity index (χ4v) is 1.90. The van der Waals surface area contributed by atoms with Gasteiger partial charge in [-0.15, -0.1) is 0 Å². The predicted molar refractivity (Wildman–Crippen MR) is 70.5 cm³/mol. The van der Waals surface area contributed by atoms with Crippen molar-refractivity contribution in [2.75, 3.05) is 0 Å². The van der Waals surface area contributed by atoms with E-state index in [1.165, 1.54) is 12.8 Å². The Kier molecular flexibility index (Phi) is 3.60. The Morgan fingerprint density at radius 1 is 1.20 bits per heavy atom. The van der Waals surface area contributed by atoms with E-state index in [4.69, 9.17) is 4.74 Å². The Morgan fingerprint density at radius 2 is 1.95 bits per heavy atom. The molecule has 104 valence electrons. The van der Waals surface area contributed by atoms with Gasteiger partial charge in [0, 0.05) is 48.7 Å². The van der Waals surface area contributed by atoms with E-state index in [0.717, 1.165) is 23.8 Å². The highest BCUT2D eigenvalue weighted by Gasteiger charge is 2.20. The Balaban J connectivity index is 1.78. The summed E-state index contributed by atoms with van der Waals surface area (Å²) in [5, 5.41) is 3.35. The van der Waals surface area contributed by atoms with Crippen LogP contribution in [-0.4, -0.2) is 11.0 Å². The third kappa shape index (κ3) is 3.30. The highest BCUT2D eigenvalue weighted by molar-refractivity contribution is 5.36. The minimum atomic E-state index is -0.660. The third-order valence-corrected chi connectivity index (χ3v) is 3.08. The molecule has 1 saturated carbocycles. The number of nitrogens with one attached hydrogen (secondary N) is 1. The molecular weight excluding hydrogens is 262 g/mol. The zero-order valence-corrected chi connectivity index (χ0v) is 10.8. The molecule has 0 spiro atoms. The Hall–Kier alpha value is -2.01. The molecule has 1 aliphatic carbocycles. The van der Waals surface area contributed by atoms with E-state index in [1.54, 1.807) is 18.5 Å². The van der Waals surface area contributed by atoms with E-state index in [-0.39, 0.29) is 5.75 Å². The quantitative estimate of drug-likeness (QED) is 0.908. The van der Waals surface area contributed by atoms with Crippen LogP contribution in [0.2, 0.25) is 0 Å². The maximum atomic E-state index is 13.1. The van der Waals surface area contributed by atoms with Crippen LogP contribution >= 0.6 is 0 Å². The molecule has 0 saturated heterocycles. The van der Waals surface area contributed by atoms with Gasteiger partial charge in [-0.1, -0.05) is 0 Å². The molecule has 0 unspecified atom stereocenters. The van der Waals surface area contributed by atoms with E-state index in [2.05, 4.69) is 10.3 Å². The lowest BCUT2D eigenvalue weighted by molar-refractivity contribution is 0.459. The van der Waals surface area contributed by atoms with Gasteiger partial charge in [-0.3, -0.25) is 4.98 Å². The van der Waals surface area contributed by atoms with Crippen molar-refractivity contribution < 1.29 is 13.5 Å². The fraction of sp³-hybridized carbons (Fsp3) is 0.267. The minimum Gasteiger partial charge on any atom is -0.457 e. The number of hydrogen-bond acceptors (Lipinski definition) is 3. The van der Waals surface area contributed by atoms with E-state index in [0.29, 0.717) is 18.3 Å². The first-order chi connectivity index (χ1) is 9.70. The van der Waals surface area contributed by atoms with Gasteiger partial charge >= 0.3 is 0 Å². The number of rotatable bonds is 5. The zero-order chi connectivity index (χ0) is 13.9. The monoisotopic (exact) mass is 276 g/mol.